The number of amides is 2. The number of hydrogen-bond donors (Lipinski definition) is 1. The second kappa shape index (κ2) is 9.38. The molecule has 2 amide bonds. The van der Waals surface area contributed by atoms with Crippen LogP contribution < -0.4 is 5.32 Å². The van der Waals surface area contributed by atoms with Crippen molar-refractivity contribution >= 4 is 29.3 Å². The van der Waals surface area contributed by atoms with Gasteiger partial charge in [-0.15, -0.1) is 10.2 Å². The van der Waals surface area contributed by atoms with Crippen molar-refractivity contribution in [2.24, 2.45) is 0 Å². The molecule has 0 aliphatic heterocycles. The molecule has 3 aromatic rings. The Kier molecular flexibility index (Phi) is 6.66. The number of aryl methyl sites for hydroxylation is 1. The monoisotopic (exact) mass is 409 g/mol. The van der Waals surface area contributed by atoms with E-state index in [4.69, 9.17) is 0 Å². The van der Waals surface area contributed by atoms with Crippen molar-refractivity contribution < 1.29 is 9.59 Å². The van der Waals surface area contributed by atoms with Gasteiger partial charge in [-0.05, 0) is 36.8 Å². The third kappa shape index (κ3) is 5.45. The summed E-state index contributed by atoms with van der Waals surface area (Å²) in [6.07, 6.45) is 0. The maximum absolute atomic E-state index is 12.3. The Bertz CT molecular complexity index is 984. The van der Waals surface area contributed by atoms with Crippen LogP contribution in [0.4, 0.5) is 5.69 Å². The predicted octanol–water partition coefficient (Wildman–Crippen LogP) is 3.07. The number of hydrogen-bond acceptors (Lipinski definition) is 5. The van der Waals surface area contributed by atoms with Gasteiger partial charge in [0.25, 0.3) is 5.91 Å². The molecule has 0 unspecified atom stereocenters. The Morgan fingerprint density at radius 1 is 1.03 bits per heavy atom. The third-order valence-corrected chi connectivity index (χ3v) is 5.21. The van der Waals surface area contributed by atoms with Crippen molar-refractivity contribution in [3.05, 3.63) is 71.5 Å². The topological polar surface area (TPSA) is 80.1 Å². The summed E-state index contributed by atoms with van der Waals surface area (Å²) in [6, 6.07) is 16.9. The molecule has 29 heavy (non-hydrogen) atoms. The summed E-state index contributed by atoms with van der Waals surface area (Å²) in [5.41, 5.74) is 2.37. The van der Waals surface area contributed by atoms with E-state index < -0.39 is 0 Å². The molecular formula is C21H23N5O2S. The summed E-state index contributed by atoms with van der Waals surface area (Å²) in [4.78, 5) is 25.8. The summed E-state index contributed by atoms with van der Waals surface area (Å²) < 4.78 is 1.99. The number of carbonyl (C=O) groups excluding carboxylic acids is 2. The van der Waals surface area contributed by atoms with E-state index >= 15 is 0 Å². The molecule has 0 fully saturated rings. The molecule has 1 aromatic heterocycles. The second-order valence-corrected chi connectivity index (χ2v) is 7.66. The molecule has 0 atom stereocenters. The average Bonchev–Trinajstić information content (AvgIpc) is 3.06. The van der Waals surface area contributed by atoms with Gasteiger partial charge in [-0.2, -0.15) is 0 Å². The van der Waals surface area contributed by atoms with Crippen molar-refractivity contribution in [1.29, 1.82) is 0 Å². The van der Waals surface area contributed by atoms with Crippen molar-refractivity contribution in [1.82, 2.24) is 19.7 Å². The summed E-state index contributed by atoms with van der Waals surface area (Å²) in [7, 11) is 3.40. The number of benzene rings is 2. The average molecular weight is 410 g/mol. The zero-order chi connectivity index (χ0) is 20.8. The van der Waals surface area contributed by atoms with E-state index in [-0.39, 0.29) is 17.6 Å². The molecule has 1 heterocycles. The van der Waals surface area contributed by atoms with Crippen molar-refractivity contribution in [3.63, 3.8) is 0 Å². The minimum absolute atomic E-state index is 0.0773. The Hall–Kier alpha value is -3.13. The number of anilines is 1. The van der Waals surface area contributed by atoms with Crippen LogP contribution >= 0.6 is 11.8 Å². The molecule has 0 radical (unpaired) electrons. The van der Waals surface area contributed by atoms with Crippen LogP contribution in [0.2, 0.25) is 0 Å². The number of rotatable bonds is 7. The van der Waals surface area contributed by atoms with Gasteiger partial charge in [0.1, 0.15) is 5.82 Å². The van der Waals surface area contributed by atoms with Crippen LogP contribution in [-0.4, -0.2) is 51.3 Å². The van der Waals surface area contributed by atoms with Crippen LogP contribution in [-0.2, 0) is 11.3 Å². The van der Waals surface area contributed by atoms with Gasteiger partial charge in [0, 0.05) is 25.3 Å². The quantitative estimate of drug-likeness (QED) is 0.607. The first-order valence-corrected chi connectivity index (χ1v) is 10.1. The fourth-order valence-corrected chi connectivity index (χ4v) is 3.48. The van der Waals surface area contributed by atoms with E-state index in [1.54, 1.807) is 38.4 Å². The normalized spacial score (nSPS) is 10.6. The Morgan fingerprint density at radius 2 is 1.72 bits per heavy atom. The number of nitrogens with one attached hydrogen (secondary N) is 1. The predicted molar refractivity (Wildman–Crippen MR) is 114 cm³/mol. The molecule has 7 nitrogen and oxygen atoms in total. The van der Waals surface area contributed by atoms with Gasteiger partial charge in [-0.3, -0.25) is 9.59 Å². The minimum atomic E-state index is -0.145. The lowest BCUT2D eigenvalue weighted by Gasteiger charge is -2.11. The standard InChI is InChI=1S/C21H23N5O2S/c1-15-23-24-21(26(15)13-16-7-5-4-6-8-16)29-14-19(27)22-18-11-9-17(10-12-18)20(28)25(2)3/h4-12H,13-14H2,1-3H3,(H,22,27). The molecule has 150 valence electrons. The summed E-state index contributed by atoms with van der Waals surface area (Å²) >= 11 is 1.34. The maximum Gasteiger partial charge on any atom is 0.253 e. The number of aromatic nitrogens is 3. The lowest BCUT2D eigenvalue weighted by molar-refractivity contribution is -0.113. The van der Waals surface area contributed by atoms with E-state index in [1.807, 2.05) is 41.8 Å². The molecular weight excluding hydrogens is 386 g/mol. The number of carbonyl (C=O) groups is 2. The zero-order valence-corrected chi connectivity index (χ0v) is 17.4. The third-order valence-electron chi connectivity index (χ3n) is 4.24. The van der Waals surface area contributed by atoms with Crippen LogP contribution in [0.1, 0.15) is 21.7 Å². The van der Waals surface area contributed by atoms with Crippen LogP contribution in [0, 0.1) is 6.92 Å². The van der Waals surface area contributed by atoms with Crippen molar-refractivity contribution in [2.45, 2.75) is 18.6 Å². The molecule has 0 spiro atoms. The molecule has 0 bridgehead atoms. The van der Waals surface area contributed by atoms with E-state index in [1.165, 1.54) is 16.7 Å². The fourth-order valence-electron chi connectivity index (χ4n) is 2.70. The molecule has 0 aliphatic rings. The van der Waals surface area contributed by atoms with Crippen molar-refractivity contribution in [3.8, 4) is 0 Å². The van der Waals surface area contributed by atoms with E-state index in [9.17, 15) is 9.59 Å². The highest BCUT2D eigenvalue weighted by Gasteiger charge is 2.13. The van der Waals surface area contributed by atoms with Gasteiger partial charge in [0.2, 0.25) is 5.91 Å². The summed E-state index contributed by atoms with van der Waals surface area (Å²) in [6.45, 7) is 2.56. The maximum atomic E-state index is 12.3. The largest absolute Gasteiger partial charge is 0.345 e. The molecule has 0 saturated heterocycles. The zero-order valence-electron chi connectivity index (χ0n) is 16.6. The second-order valence-electron chi connectivity index (χ2n) is 6.72. The van der Waals surface area contributed by atoms with E-state index in [0.717, 1.165) is 11.4 Å². The van der Waals surface area contributed by atoms with Crippen molar-refractivity contribution in [2.75, 3.05) is 25.2 Å². The van der Waals surface area contributed by atoms with Gasteiger partial charge in [0.15, 0.2) is 5.16 Å². The van der Waals surface area contributed by atoms with Gasteiger partial charge in [0.05, 0.1) is 12.3 Å². The fraction of sp³-hybridized carbons (Fsp3) is 0.238. The van der Waals surface area contributed by atoms with Crippen LogP contribution in [0.3, 0.4) is 0 Å². The van der Waals surface area contributed by atoms with Crippen LogP contribution in [0.5, 0.6) is 0 Å². The van der Waals surface area contributed by atoms with Crippen LogP contribution in [0.25, 0.3) is 0 Å². The highest BCUT2D eigenvalue weighted by atomic mass is 32.2. The smallest absolute Gasteiger partial charge is 0.253 e. The van der Waals surface area contributed by atoms with Gasteiger partial charge in [-0.25, -0.2) is 0 Å². The number of thioether (sulfide) groups is 1. The molecule has 1 N–H and O–H groups in total. The van der Waals surface area contributed by atoms with Gasteiger partial charge in [-0.1, -0.05) is 42.1 Å². The van der Waals surface area contributed by atoms with Gasteiger partial charge < -0.3 is 14.8 Å². The van der Waals surface area contributed by atoms with E-state index in [0.29, 0.717) is 23.0 Å². The minimum Gasteiger partial charge on any atom is -0.345 e. The van der Waals surface area contributed by atoms with Crippen LogP contribution in [0.15, 0.2) is 59.8 Å². The first-order valence-electron chi connectivity index (χ1n) is 9.12. The Labute approximate surface area is 174 Å². The Morgan fingerprint density at radius 3 is 2.38 bits per heavy atom. The molecule has 0 saturated carbocycles. The molecule has 2 aromatic carbocycles. The first-order chi connectivity index (χ1) is 13.9. The van der Waals surface area contributed by atoms with Gasteiger partial charge >= 0.3 is 0 Å². The lowest BCUT2D eigenvalue weighted by atomic mass is 10.2. The molecule has 8 heteroatoms. The molecule has 3 rings (SSSR count). The SMILES string of the molecule is Cc1nnc(SCC(=O)Nc2ccc(C(=O)N(C)C)cc2)n1Cc1ccccc1. The summed E-state index contributed by atoms with van der Waals surface area (Å²) in [5.74, 6) is 0.795. The Balaban J connectivity index is 1.58. The highest BCUT2D eigenvalue weighted by molar-refractivity contribution is 7.99. The highest BCUT2D eigenvalue weighted by Crippen LogP contribution is 2.19. The molecule has 0 aliphatic carbocycles. The lowest BCUT2D eigenvalue weighted by Crippen LogP contribution is -2.21. The first kappa shape index (κ1) is 20.6. The summed E-state index contributed by atoms with van der Waals surface area (Å²) in [5, 5.41) is 11.9. The van der Waals surface area contributed by atoms with E-state index in [2.05, 4.69) is 15.5 Å². The number of nitrogens with zero attached hydrogens (tertiary/aromatic N) is 4.